The van der Waals surface area contributed by atoms with Gasteiger partial charge in [0.1, 0.15) is 12.2 Å². The zero-order valence-electron chi connectivity index (χ0n) is 7.91. The quantitative estimate of drug-likeness (QED) is 0.484. The maximum atomic E-state index is 4.00. The minimum Gasteiger partial charge on any atom is -0.379 e. The van der Waals surface area contributed by atoms with Crippen LogP contribution in [0.15, 0.2) is 22.4 Å². The van der Waals surface area contributed by atoms with Crippen molar-refractivity contribution >= 4 is 12.7 Å². The number of aliphatic imine (C=N–C) groups is 2. The van der Waals surface area contributed by atoms with Gasteiger partial charge in [-0.05, 0) is 6.92 Å². The lowest BCUT2D eigenvalue weighted by molar-refractivity contribution is 0.440. The van der Waals surface area contributed by atoms with Crippen molar-refractivity contribution in [3.8, 4) is 0 Å². The molecular formula is C8H16N4. The van der Waals surface area contributed by atoms with Crippen LogP contribution < -0.4 is 5.32 Å². The van der Waals surface area contributed by atoms with E-state index in [1.165, 1.54) is 6.34 Å². The number of rotatable bonds is 5. The van der Waals surface area contributed by atoms with Crippen molar-refractivity contribution in [3.05, 3.63) is 12.4 Å². The Morgan fingerprint density at radius 3 is 2.83 bits per heavy atom. The highest BCUT2D eigenvalue weighted by atomic mass is 15.2. The Hall–Kier alpha value is -1.32. The molecule has 1 N–H and O–H groups in total. The van der Waals surface area contributed by atoms with Crippen molar-refractivity contribution < 1.29 is 0 Å². The Labute approximate surface area is 73.7 Å². The first-order valence-corrected chi connectivity index (χ1v) is 3.83. The Morgan fingerprint density at radius 1 is 1.67 bits per heavy atom. The third kappa shape index (κ3) is 4.49. The summed E-state index contributed by atoms with van der Waals surface area (Å²) in [6.07, 6.45) is 3.02. The SMILES string of the molecule is C=C(/N=C\N=C\NC)N(C)CC. The van der Waals surface area contributed by atoms with Crippen LogP contribution in [0.3, 0.4) is 0 Å². The second kappa shape index (κ2) is 6.39. The Bertz CT molecular complexity index is 183. The first kappa shape index (κ1) is 10.7. The van der Waals surface area contributed by atoms with Crippen molar-refractivity contribution in [1.82, 2.24) is 10.2 Å². The fourth-order valence-electron chi connectivity index (χ4n) is 0.489. The average molecular weight is 168 g/mol. The van der Waals surface area contributed by atoms with E-state index in [0.29, 0.717) is 5.82 Å². The Balaban J connectivity index is 3.83. The normalized spacial score (nSPS) is 10.9. The monoisotopic (exact) mass is 168 g/mol. The summed E-state index contributed by atoms with van der Waals surface area (Å²) < 4.78 is 0. The van der Waals surface area contributed by atoms with Crippen LogP contribution in [0.5, 0.6) is 0 Å². The van der Waals surface area contributed by atoms with Crippen LogP contribution in [0.1, 0.15) is 6.92 Å². The lowest BCUT2D eigenvalue weighted by Crippen LogP contribution is -2.14. The van der Waals surface area contributed by atoms with Gasteiger partial charge >= 0.3 is 0 Å². The summed E-state index contributed by atoms with van der Waals surface area (Å²) in [6, 6.07) is 0. The van der Waals surface area contributed by atoms with Crippen LogP contribution in [0.2, 0.25) is 0 Å². The topological polar surface area (TPSA) is 40.0 Å². The van der Waals surface area contributed by atoms with Crippen LogP contribution in [0.4, 0.5) is 0 Å². The molecule has 4 nitrogen and oxygen atoms in total. The fraction of sp³-hybridized carbons (Fsp3) is 0.500. The van der Waals surface area contributed by atoms with E-state index in [0.717, 1.165) is 6.54 Å². The zero-order valence-corrected chi connectivity index (χ0v) is 7.91. The third-order valence-electron chi connectivity index (χ3n) is 1.39. The van der Waals surface area contributed by atoms with Gasteiger partial charge in [-0.1, -0.05) is 6.58 Å². The van der Waals surface area contributed by atoms with E-state index >= 15 is 0 Å². The van der Waals surface area contributed by atoms with Crippen molar-refractivity contribution in [3.63, 3.8) is 0 Å². The van der Waals surface area contributed by atoms with Crippen LogP contribution in [-0.4, -0.2) is 38.2 Å². The number of hydrogen-bond acceptors (Lipinski definition) is 2. The van der Waals surface area contributed by atoms with Crippen molar-refractivity contribution in [1.29, 1.82) is 0 Å². The largest absolute Gasteiger partial charge is 0.379 e. The molecule has 0 amide bonds. The molecule has 12 heavy (non-hydrogen) atoms. The Kier molecular flexibility index (Phi) is 5.69. The highest BCUT2D eigenvalue weighted by Crippen LogP contribution is 1.96. The number of nitrogens with one attached hydrogen (secondary N) is 1. The van der Waals surface area contributed by atoms with Gasteiger partial charge in [0.15, 0.2) is 0 Å². The van der Waals surface area contributed by atoms with Gasteiger partial charge in [0.05, 0.1) is 6.34 Å². The molecule has 0 bridgehead atoms. The Morgan fingerprint density at radius 2 is 2.33 bits per heavy atom. The summed E-state index contributed by atoms with van der Waals surface area (Å²) >= 11 is 0. The van der Waals surface area contributed by atoms with Crippen molar-refractivity contribution in [2.75, 3.05) is 20.6 Å². The van der Waals surface area contributed by atoms with E-state index in [4.69, 9.17) is 0 Å². The predicted molar refractivity (Wildman–Crippen MR) is 53.5 cm³/mol. The van der Waals surface area contributed by atoms with Gasteiger partial charge in [0.2, 0.25) is 0 Å². The molecule has 0 radical (unpaired) electrons. The molecule has 0 aliphatic rings. The molecule has 0 aromatic carbocycles. The van der Waals surface area contributed by atoms with Crippen LogP contribution in [0, 0.1) is 0 Å². The van der Waals surface area contributed by atoms with E-state index in [9.17, 15) is 0 Å². The van der Waals surface area contributed by atoms with Gasteiger partial charge in [-0.3, -0.25) is 0 Å². The number of nitrogens with zero attached hydrogens (tertiary/aromatic N) is 3. The lowest BCUT2D eigenvalue weighted by atomic mass is 10.6. The minimum absolute atomic E-state index is 0.714. The van der Waals surface area contributed by atoms with Gasteiger partial charge in [0, 0.05) is 20.6 Å². The molecule has 0 aliphatic carbocycles. The van der Waals surface area contributed by atoms with Crippen LogP contribution in [-0.2, 0) is 0 Å². The summed E-state index contributed by atoms with van der Waals surface area (Å²) in [5.41, 5.74) is 0. The second-order valence-corrected chi connectivity index (χ2v) is 2.24. The summed E-state index contributed by atoms with van der Waals surface area (Å²) in [5.74, 6) is 0.714. The van der Waals surface area contributed by atoms with Crippen LogP contribution in [0.25, 0.3) is 0 Å². The molecule has 0 aromatic heterocycles. The number of hydrogen-bond donors (Lipinski definition) is 1. The van der Waals surface area contributed by atoms with E-state index in [1.807, 2.05) is 18.9 Å². The highest BCUT2D eigenvalue weighted by Gasteiger charge is 1.92. The average Bonchev–Trinajstić information content (AvgIpc) is 2.10. The first-order valence-electron chi connectivity index (χ1n) is 3.83. The molecule has 4 heteroatoms. The van der Waals surface area contributed by atoms with Crippen molar-refractivity contribution in [2.45, 2.75) is 6.92 Å². The van der Waals surface area contributed by atoms with Crippen LogP contribution >= 0.6 is 0 Å². The smallest absolute Gasteiger partial charge is 0.122 e. The van der Waals surface area contributed by atoms with E-state index in [-0.39, 0.29) is 0 Å². The summed E-state index contributed by atoms with van der Waals surface area (Å²) in [7, 11) is 3.71. The molecule has 0 saturated carbocycles. The predicted octanol–water partition coefficient (Wildman–Crippen LogP) is 0.685. The molecule has 0 heterocycles. The molecule has 0 unspecified atom stereocenters. The first-order chi connectivity index (χ1) is 5.72. The molecule has 68 valence electrons. The lowest BCUT2D eigenvalue weighted by Gasteiger charge is -2.14. The molecule has 0 rings (SSSR count). The molecule has 0 fully saturated rings. The minimum atomic E-state index is 0.714. The maximum Gasteiger partial charge on any atom is 0.122 e. The highest BCUT2D eigenvalue weighted by molar-refractivity contribution is 5.71. The van der Waals surface area contributed by atoms with Crippen molar-refractivity contribution in [2.24, 2.45) is 9.98 Å². The molecule has 0 atom stereocenters. The van der Waals surface area contributed by atoms with Gasteiger partial charge in [-0.2, -0.15) is 0 Å². The standard InChI is InChI=1S/C8H16N4/c1-5-12(4)8(2)11-7-10-6-9-3/h6-7H,2,5H2,1,3-4H3,(H,9,10,11). The summed E-state index contributed by atoms with van der Waals surface area (Å²) in [5, 5.41) is 2.76. The van der Waals surface area contributed by atoms with E-state index in [2.05, 4.69) is 21.9 Å². The van der Waals surface area contributed by atoms with Gasteiger partial charge in [0.25, 0.3) is 0 Å². The summed E-state index contributed by atoms with van der Waals surface area (Å²) in [4.78, 5) is 9.77. The zero-order chi connectivity index (χ0) is 9.40. The van der Waals surface area contributed by atoms with E-state index in [1.54, 1.807) is 13.4 Å². The molecule has 0 aliphatic heterocycles. The van der Waals surface area contributed by atoms with Gasteiger partial charge < -0.3 is 10.2 Å². The summed E-state index contributed by atoms with van der Waals surface area (Å²) in [6.45, 7) is 6.69. The third-order valence-corrected chi connectivity index (χ3v) is 1.39. The molecule has 0 saturated heterocycles. The van der Waals surface area contributed by atoms with E-state index < -0.39 is 0 Å². The van der Waals surface area contributed by atoms with Gasteiger partial charge in [-0.15, -0.1) is 0 Å². The fourth-order valence-corrected chi connectivity index (χ4v) is 0.489. The maximum absolute atomic E-state index is 4.00. The van der Waals surface area contributed by atoms with Gasteiger partial charge in [-0.25, -0.2) is 9.98 Å². The second-order valence-electron chi connectivity index (χ2n) is 2.24. The molecular weight excluding hydrogens is 152 g/mol. The molecule has 0 aromatic rings. The molecule has 0 spiro atoms.